The number of anilines is 1. The number of aromatic amines is 1. The standard InChI is InChI=1S/C11H14N6O2S/c18-10(9-6-13-16-15-9)12-5-8-7-20-11(14-8)17-1-3-19-4-2-17/h6-7H,1-5H2,(H,12,18)(H,13,15,16). The van der Waals surface area contributed by atoms with E-state index in [-0.39, 0.29) is 11.6 Å². The van der Waals surface area contributed by atoms with Crippen LogP contribution >= 0.6 is 11.3 Å². The zero-order chi connectivity index (χ0) is 13.8. The van der Waals surface area contributed by atoms with Gasteiger partial charge in [-0.15, -0.1) is 11.3 Å². The average molecular weight is 294 g/mol. The Kier molecular flexibility index (Phi) is 3.88. The molecular weight excluding hydrogens is 280 g/mol. The summed E-state index contributed by atoms with van der Waals surface area (Å²) in [5, 5.41) is 15.4. The van der Waals surface area contributed by atoms with Gasteiger partial charge in [-0.3, -0.25) is 4.79 Å². The minimum atomic E-state index is -0.264. The van der Waals surface area contributed by atoms with Crippen LogP contribution in [-0.2, 0) is 11.3 Å². The monoisotopic (exact) mass is 294 g/mol. The van der Waals surface area contributed by atoms with Crippen LogP contribution in [0.15, 0.2) is 11.6 Å². The molecule has 0 atom stereocenters. The molecule has 0 aromatic carbocycles. The normalized spacial score (nSPS) is 15.3. The summed E-state index contributed by atoms with van der Waals surface area (Å²) in [4.78, 5) is 18.4. The highest BCUT2D eigenvalue weighted by Crippen LogP contribution is 2.21. The third-order valence-corrected chi connectivity index (χ3v) is 3.85. The van der Waals surface area contributed by atoms with Crippen molar-refractivity contribution in [1.82, 2.24) is 25.7 Å². The fourth-order valence-corrected chi connectivity index (χ4v) is 2.73. The summed E-state index contributed by atoms with van der Waals surface area (Å²) in [6.07, 6.45) is 1.38. The lowest BCUT2D eigenvalue weighted by Gasteiger charge is -2.26. The van der Waals surface area contributed by atoms with Crippen LogP contribution in [-0.4, -0.2) is 52.6 Å². The Hall–Kier alpha value is -2.00. The van der Waals surface area contributed by atoms with Gasteiger partial charge in [0.15, 0.2) is 10.8 Å². The number of nitrogens with zero attached hydrogens (tertiary/aromatic N) is 4. The van der Waals surface area contributed by atoms with E-state index in [4.69, 9.17) is 4.74 Å². The first-order valence-corrected chi connectivity index (χ1v) is 7.12. The lowest BCUT2D eigenvalue weighted by atomic mass is 10.4. The molecule has 1 fully saturated rings. The van der Waals surface area contributed by atoms with Gasteiger partial charge in [0.1, 0.15) is 0 Å². The molecule has 0 aliphatic carbocycles. The predicted octanol–water partition coefficient (Wildman–Crippen LogP) is 0.0278. The van der Waals surface area contributed by atoms with Gasteiger partial charge >= 0.3 is 0 Å². The molecule has 9 heteroatoms. The van der Waals surface area contributed by atoms with E-state index in [1.54, 1.807) is 11.3 Å². The number of amides is 1. The maximum Gasteiger partial charge on any atom is 0.273 e. The molecule has 8 nitrogen and oxygen atoms in total. The molecule has 1 saturated heterocycles. The van der Waals surface area contributed by atoms with Gasteiger partial charge in [-0.2, -0.15) is 15.4 Å². The third kappa shape index (κ3) is 2.94. The lowest BCUT2D eigenvalue weighted by molar-refractivity contribution is 0.0945. The molecular formula is C11H14N6O2S. The fourth-order valence-electron chi connectivity index (χ4n) is 1.85. The Morgan fingerprint density at radius 1 is 1.50 bits per heavy atom. The summed E-state index contributed by atoms with van der Waals surface area (Å²) in [5.74, 6) is -0.264. The predicted molar refractivity (Wildman–Crippen MR) is 72.7 cm³/mol. The first-order chi connectivity index (χ1) is 9.83. The number of hydrogen-bond donors (Lipinski definition) is 2. The summed E-state index contributed by atoms with van der Waals surface area (Å²) in [7, 11) is 0. The molecule has 1 aliphatic heterocycles. The van der Waals surface area contributed by atoms with Crippen LogP contribution in [0.1, 0.15) is 16.2 Å². The highest BCUT2D eigenvalue weighted by molar-refractivity contribution is 7.13. The molecule has 1 amide bonds. The van der Waals surface area contributed by atoms with Gasteiger partial charge < -0.3 is 15.0 Å². The number of morpholine rings is 1. The summed E-state index contributed by atoms with van der Waals surface area (Å²) in [6.45, 7) is 3.57. The van der Waals surface area contributed by atoms with Crippen LogP contribution in [0.2, 0.25) is 0 Å². The average Bonchev–Trinajstić information content (AvgIpc) is 3.17. The van der Waals surface area contributed by atoms with E-state index < -0.39 is 0 Å². The van der Waals surface area contributed by atoms with E-state index >= 15 is 0 Å². The molecule has 0 radical (unpaired) electrons. The Bertz CT molecular complexity index is 563. The van der Waals surface area contributed by atoms with Gasteiger partial charge in [0, 0.05) is 18.5 Å². The lowest BCUT2D eigenvalue weighted by Crippen LogP contribution is -2.36. The quantitative estimate of drug-likeness (QED) is 0.826. The minimum Gasteiger partial charge on any atom is -0.378 e. The van der Waals surface area contributed by atoms with Crippen molar-refractivity contribution in [2.75, 3.05) is 31.2 Å². The number of carbonyl (C=O) groups excluding carboxylic acids is 1. The fraction of sp³-hybridized carbons (Fsp3) is 0.455. The molecule has 2 N–H and O–H groups in total. The van der Waals surface area contributed by atoms with E-state index in [0.717, 1.165) is 37.1 Å². The van der Waals surface area contributed by atoms with Crippen molar-refractivity contribution < 1.29 is 9.53 Å². The Balaban J connectivity index is 1.56. The largest absolute Gasteiger partial charge is 0.378 e. The van der Waals surface area contributed by atoms with Gasteiger partial charge in [-0.25, -0.2) is 4.98 Å². The van der Waals surface area contributed by atoms with Crippen LogP contribution in [0.5, 0.6) is 0 Å². The Morgan fingerprint density at radius 3 is 3.10 bits per heavy atom. The van der Waals surface area contributed by atoms with Gasteiger partial charge in [-0.1, -0.05) is 0 Å². The molecule has 20 heavy (non-hydrogen) atoms. The maximum absolute atomic E-state index is 11.7. The first-order valence-electron chi connectivity index (χ1n) is 6.24. The van der Waals surface area contributed by atoms with Crippen LogP contribution in [0.3, 0.4) is 0 Å². The number of ether oxygens (including phenoxy) is 1. The number of aromatic nitrogens is 4. The van der Waals surface area contributed by atoms with Gasteiger partial charge in [-0.05, 0) is 0 Å². The summed E-state index contributed by atoms with van der Waals surface area (Å²) < 4.78 is 5.31. The number of nitrogens with one attached hydrogen (secondary N) is 2. The number of hydrogen-bond acceptors (Lipinski definition) is 7. The topological polar surface area (TPSA) is 96.0 Å². The SMILES string of the molecule is O=C(NCc1csc(N2CCOCC2)n1)c1cn[nH]n1. The Labute approximate surface area is 119 Å². The second kappa shape index (κ2) is 5.97. The molecule has 106 valence electrons. The number of rotatable bonds is 4. The maximum atomic E-state index is 11.7. The second-order valence-corrected chi connectivity index (χ2v) is 5.10. The van der Waals surface area contributed by atoms with Gasteiger partial charge in [0.2, 0.25) is 0 Å². The molecule has 3 heterocycles. The van der Waals surface area contributed by atoms with Crippen LogP contribution < -0.4 is 10.2 Å². The summed E-state index contributed by atoms with van der Waals surface area (Å²) in [6, 6.07) is 0. The zero-order valence-electron chi connectivity index (χ0n) is 10.7. The van der Waals surface area contributed by atoms with Crippen LogP contribution in [0, 0.1) is 0 Å². The molecule has 2 aromatic rings. The van der Waals surface area contributed by atoms with E-state index in [2.05, 4.69) is 30.6 Å². The molecule has 0 saturated carbocycles. The third-order valence-electron chi connectivity index (χ3n) is 2.90. The van der Waals surface area contributed by atoms with Crippen molar-refractivity contribution >= 4 is 22.4 Å². The first kappa shape index (κ1) is 13.0. The number of H-pyrrole nitrogens is 1. The molecule has 0 bridgehead atoms. The molecule has 1 aliphatic rings. The van der Waals surface area contributed by atoms with E-state index in [1.807, 2.05) is 5.38 Å². The van der Waals surface area contributed by atoms with Crippen LogP contribution in [0.25, 0.3) is 0 Å². The zero-order valence-corrected chi connectivity index (χ0v) is 11.5. The van der Waals surface area contributed by atoms with Crippen molar-refractivity contribution in [3.05, 3.63) is 23.0 Å². The van der Waals surface area contributed by atoms with E-state index in [0.29, 0.717) is 6.54 Å². The van der Waals surface area contributed by atoms with Crippen molar-refractivity contribution in [2.45, 2.75) is 6.54 Å². The van der Waals surface area contributed by atoms with Gasteiger partial charge in [0.05, 0.1) is 31.6 Å². The van der Waals surface area contributed by atoms with Crippen molar-refractivity contribution in [2.24, 2.45) is 0 Å². The van der Waals surface area contributed by atoms with Crippen molar-refractivity contribution in [3.8, 4) is 0 Å². The Morgan fingerprint density at radius 2 is 2.35 bits per heavy atom. The molecule has 0 unspecified atom stereocenters. The summed E-state index contributed by atoms with van der Waals surface area (Å²) >= 11 is 1.58. The smallest absolute Gasteiger partial charge is 0.273 e. The highest BCUT2D eigenvalue weighted by atomic mass is 32.1. The second-order valence-electron chi connectivity index (χ2n) is 4.26. The summed E-state index contributed by atoms with van der Waals surface area (Å²) in [5.41, 5.74) is 1.11. The van der Waals surface area contributed by atoms with Crippen molar-refractivity contribution in [1.29, 1.82) is 0 Å². The minimum absolute atomic E-state index is 0.264. The molecule has 0 spiro atoms. The highest BCUT2D eigenvalue weighted by Gasteiger charge is 2.15. The van der Waals surface area contributed by atoms with Gasteiger partial charge in [0.25, 0.3) is 5.91 Å². The van der Waals surface area contributed by atoms with Crippen LogP contribution in [0.4, 0.5) is 5.13 Å². The van der Waals surface area contributed by atoms with E-state index in [1.165, 1.54) is 6.20 Å². The molecule has 2 aromatic heterocycles. The molecule has 3 rings (SSSR count). The number of carbonyl (C=O) groups is 1. The number of thiazole rings is 1. The van der Waals surface area contributed by atoms with E-state index in [9.17, 15) is 4.79 Å². The van der Waals surface area contributed by atoms with Crippen molar-refractivity contribution in [3.63, 3.8) is 0 Å².